The molecule has 1 unspecified atom stereocenters. The molecule has 0 bridgehead atoms. The van der Waals surface area contributed by atoms with Crippen molar-refractivity contribution in [2.24, 2.45) is 0 Å². The van der Waals surface area contributed by atoms with E-state index in [1.165, 1.54) is 6.07 Å². The molecular formula is C16H19FN2O. The number of ether oxygens (including phenoxy) is 1. The van der Waals surface area contributed by atoms with Gasteiger partial charge >= 0.3 is 0 Å². The first-order chi connectivity index (χ1) is 9.61. The Balaban J connectivity index is 2.35. The Kier molecular flexibility index (Phi) is 4.69. The summed E-state index contributed by atoms with van der Waals surface area (Å²) in [5.41, 5.74) is 1.47. The zero-order valence-corrected chi connectivity index (χ0v) is 11.9. The molecule has 1 aromatic heterocycles. The predicted octanol–water partition coefficient (Wildman–Crippen LogP) is 3.32. The fraction of sp³-hybridized carbons (Fsp3) is 0.312. The van der Waals surface area contributed by atoms with E-state index in [1.54, 1.807) is 31.6 Å². The fourth-order valence-corrected chi connectivity index (χ4v) is 2.14. The molecule has 0 saturated carbocycles. The summed E-state index contributed by atoms with van der Waals surface area (Å²) >= 11 is 0. The van der Waals surface area contributed by atoms with Gasteiger partial charge < -0.3 is 10.1 Å². The second-order valence-electron chi connectivity index (χ2n) is 4.86. The molecule has 0 aliphatic rings. The van der Waals surface area contributed by atoms with E-state index in [1.807, 2.05) is 26.0 Å². The maximum atomic E-state index is 13.9. The van der Waals surface area contributed by atoms with Crippen molar-refractivity contribution in [1.29, 1.82) is 0 Å². The molecule has 3 nitrogen and oxygen atoms in total. The van der Waals surface area contributed by atoms with Gasteiger partial charge in [-0.25, -0.2) is 4.39 Å². The molecule has 1 heterocycles. The van der Waals surface area contributed by atoms with E-state index in [4.69, 9.17) is 4.74 Å². The minimum atomic E-state index is -0.251. The highest BCUT2D eigenvalue weighted by atomic mass is 19.1. The number of hydrogen-bond donors (Lipinski definition) is 1. The Labute approximate surface area is 118 Å². The number of pyridine rings is 1. The third-order valence-electron chi connectivity index (χ3n) is 2.94. The summed E-state index contributed by atoms with van der Waals surface area (Å²) in [6, 6.07) is 8.38. The molecule has 1 N–H and O–H groups in total. The Morgan fingerprint density at radius 1 is 1.20 bits per heavy atom. The lowest BCUT2D eigenvalue weighted by molar-refractivity contribution is 0.241. The first kappa shape index (κ1) is 14.5. The average molecular weight is 274 g/mol. The maximum absolute atomic E-state index is 13.9. The summed E-state index contributed by atoms with van der Waals surface area (Å²) in [7, 11) is 1.80. The van der Waals surface area contributed by atoms with Crippen LogP contribution in [0.4, 0.5) is 4.39 Å². The van der Waals surface area contributed by atoms with Crippen molar-refractivity contribution in [3.63, 3.8) is 0 Å². The van der Waals surface area contributed by atoms with Gasteiger partial charge in [0.2, 0.25) is 0 Å². The van der Waals surface area contributed by atoms with Gasteiger partial charge in [-0.05, 0) is 38.6 Å². The van der Waals surface area contributed by atoms with Crippen molar-refractivity contribution in [2.75, 3.05) is 7.05 Å². The minimum Gasteiger partial charge on any atom is -0.489 e. The van der Waals surface area contributed by atoms with E-state index in [0.717, 1.165) is 5.56 Å². The third kappa shape index (κ3) is 3.33. The first-order valence-electron chi connectivity index (χ1n) is 6.65. The van der Waals surface area contributed by atoms with Gasteiger partial charge in [-0.1, -0.05) is 18.2 Å². The van der Waals surface area contributed by atoms with E-state index in [9.17, 15) is 4.39 Å². The normalized spacial score (nSPS) is 12.4. The number of halogens is 1. The number of nitrogens with zero attached hydrogens (tertiary/aromatic N) is 1. The molecule has 2 aromatic rings. The van der Waals surface area contributed by atoms with Crippen LogP contribution in [-0.4, -0.2) is 18.1 Å². The van der Waals surface area contributed by atoms with Crippen molar-refractivity contribution in [3.05, 3.63) is 59.7 Å². The van der Waals surface area contributed by atoms with Gasteiger partial charge in [0.1, 0.15) is 11.6 Å². The Bertz CT molecular complexity index is 572. The molecule has 2 rings (SSSR count). The molecule has 0 radical (unpaired) electrons. The van der Waals surface area contributed by atoms with Crippen LogP contribution in [0.5, 0.6) is 5.75 Å². The summed E-state index contributed by atoms with van der Waals surface area (Å²) in [4.78, 5) is 4.17. The van der Waals surface area contributed by atoms with Crippen molar-refractivity contribution < 1.29 is 9.13 Å². The first-order valence-corrected chi connectivity index (χ1v) is 6.65. The minimum absolute atomic E-state index is 0.0774. The van der Waals surface area contributed by atoms with Gasteiger partial charge in [-0.15, -0.1) is 0 Å². The lowest BCUT2D eigenvalue weighted by Crippen LogP contribution is -2.19. The van der Waals surface area contributed by atoms with Gasteiger partial charge in [-0.3, -0.25) is 4.98 Å². The summed E-state index contributed by atoms with van der Waals surface area (Å²) in [6.45, 7) is 3.91. The molecule has 20 heavy (non-hydrogen) atoms. The van der Waals surface area contributed by atoms with E-state index >= 15 is 0 Å². The van der Waals surface area contributed by atoms with Crippen molar-refractivity contribution in [2.45, 2.75) is 26.0 Å². The third-order valence-corrected chi connectivity index (χ3v) is 2.94. The number of hydrogen-bond acceptors (Lipinski definition) is 3. The second kappa shape index (κ2) is 6.48. The molecule has 0 spiro atoms. The van der Waals surface area contributed by atoms with Crippen molar-refractivity contribution in [3.8, 4) is 5.75 Å². The monoisotopic (exact) mass is 274 g/mol. The maximum Gasteiger partial charge on any atom is 0.138 e. The smallest absolute Gasteiger partial charge is 0.138 e. The lowest BCUT2D eigenvalue weighted by Gasteiger charge is -2.18. The topological polar surface area (TPSA) is 34.2 Å². The van der Waals surface area contributed by atoms with Crippen LogP contribution in [0.25, 0.3) is 0 Å². The molecule has 106 valence electrons. The second-order valence-corrected chi connectivity index (χ2v) is 4.86. The zero-order valence-electron chi connectivity index (χ0n) is 11.9. The molecule has 4 heteroatoms. The Morgan fingerprint density at radius 3 is 2.60 bits per heavy atom. The fourth-order valence-electron chi connectivity index (χ4n) is 2.14. The molecule has 0 amide bonds. The Morgan fingerprint density at radius 2 is 1.95 bits per heavy atom. The molecule has 0 saturated heterocycles. The highest BCUT2D eigenvalue weighted by Crippen LogP contribution is 2.26. The zero-order chi connectivity index (χ0) is 14.5. The van der Waals surface area contributed by atoms with E-state index in [2.05, 4.69) is 10.3 Å². The quantitative estimate of drug-likeness (QED) is 0.908. The van der Waals surface area contributed by atoms with Gasteiger partial charge in [0.05, 0.1) is 18.3 Å². The van der Waals surface area contributed by atoms with Crippen LogP contribution in [0.15, 0.2) is 42.7 Å². The molecule has 0 fully saturated rings. The van der Waals surface area contributed by atoms with Crippen LogP contribution in [-0.2, 0) is 0 Å². The van der Waals surface area contributed by atoms with Gasteiger partial charge in [0.25, 0.3) is 0 Å². The Hall–Kier alpha value is -1.94. The highest BCUT2D eigenvalue weighted by molar-refractivity contribution is 5.34. The molecular weight excluding hydrogens is 255 g/mol. The van der Waals surface area contributed by atoms with Crippen LogP contribution >= 0.6 is 0 Å². The summed E-state index contributed by atoms with van der Waals surface area (Å²) < 4.78 is 19.6. The van der Waals surface area contributed by atoms with Crippen LogP contribution in [0.2, 0.25) is 0 Å². The highest BCUT2D eigenvalue weighted by Gasteiger charge is 2.16. The van der Waals surface area contributed by atoms with Crippen LogP contribution in [0, 0.1) is 5.82 Å². The van der Waals surface area contributed by atoms with Crippen molar-refractivity contribution in [1.82, 2.24) is 10.3 Å². The van der Waals surface area contributed by atoms with Gasteiger partial charge in [0.15, 0.2) is 0 Å². The van der Waals surface area contributed by atoms with Crippen LogP contribution in [0.3, 0.4) is 0 Å². The molecule has 1 atom stereocenters. The average Bonchev–Trinajstić information content (AvgIpc) is 2.41. The van der Waals surface area contributed by atoms with E-state index < -0.39 is 0 Å². The molecule has 0 aliphatic heterocycles. The van der Waals surface area contributed by atoms with Crippen LogP contribution in [0.1, 0.15) is 31.0 Å². The number of nitrogens with one attached hydrogen (secondary N) is 1. The van der Waals surface area contributed by atoms with Gasteiger partial charge in [-0.2, -0.15) is 0 Å². The number of aromatic nitrogens is 1. The number of benzene rings is 1. The molecule has 0 aliphatic carbocycles. The SMILES string of the molecule is CNC(c1cncc(OC(C)C)c1)c1ccccc1F. The van der Waals surface area contributed by atoms with Gasteiger partial charge in [0, 0.05) is 11.8 Å². The van der Waals surface area contributed by atoms with E-state index in [0.29, 0.717) is 11.3 Å². The predicted molar refractivity (Wildman–Crippen MR) is 77.3 cm³/mol. The summed E-state index contributed by atoms with van der Waals surface area (Å²) in [5, 5.41) is 3.12. The number of rotatable bonds is 5. The van der Waals surface area contributed by atoms with Crippen molar-refractivity contribution >= 4 is 0 Å². The van der Waals surface area contributed by atoms with Crippen LogP contribution < -0.4 is 10.1 Å². The summed E-state index contributed by atoms with van der Waals surface area (Å²) in [5.74, 6) is 0.455. The van der Waals surface area contributed by atoms with E-state index in [-0.39, 0.29) is 18.0 Å². The summed E-state index contributed by atoms with van der Waals surface area (Å²) in [6.07, 6.45) is 3.46. The largest absolute Gasteiger partial charge is 0.489 e. The standard InChI is InChI=1S/C16H19FN2O/c1-11(2)20-13-8-12(9-19-10-13)16(18-3)14-6-4-5-7-15(14)17/h4-11,16,18H,1-3H3. The molecule has 1 aromatic carbocycles. The lowest BCUT2D eigenvalue weighted by atomic mass is 10.00.